The smallest absolute Gasteiger partial charge is 0.251 e. The van der Waals surface area contributed by atoms with Gasteiger partial charge < -0.3 is 15.6 Å². The molecule has 112 valence electrons. The summed E-state index contributed by atoms with van der Waals surface area (Å²) in [6.45, 7) is 6.34. The molecule has 2 rings (SSSR count). The number of hydrogen-bond donors (Lipinski definition) is 2. The molecule has 0 aliphatic carbocycles. The zero-order valence-electron chi connectivity index (χ0n) is 12.7. The molecule has 0 spiro atoms. The van der Waals surface area contributed by atoms with E-state index in [1.54, 1.807) is 12.1 Å². The van der Waals surface area contributed by atoms with E-state index in [4.69, 9.17) is 10.3 Å². The number of aromatic nitrogens is 1. The standard InChI is InChI=1S/C16H21N3O2/c1-4-14-13(15(5-2)21-19-14)9-18-16(20)12-8-11(17)7-6-10(12)3/h6-8H,4-5,9,17H2,1-3H3,(H,18,20). The highest BCUT2D eigenvalue weighted by Gasteiger charge is 2.15. The second-order valence-electron chi connectivity index (χ2n) is 5.00. The van der Waals surface area contributed by atoms with E-state index >= 15 is 0 Å². The van der Waals surface area contributed by atoms with E-state index in [2.05, 4.69) is 10.5 Å². The van der Waals surface area contributed by atoms with Crippen LogP contribution < -0.4 is 11.1 Å². The molecular formula is C16H21N3O2. The zero-order chi connectivity index (χ0) is 15.4. The molecule has 1 heterocycles. The second-order valence-corrected chi connectivity index (χ2v) is 5.00. The molecule has 0 saturated heterocycles. The maximum Gasteiger partial charge on any atom is 0.251 e. The summed E-state index contributed by atoms with van der Waals surface area (Å²) in [5.74, 6) is 0.696. The van der Waals surface area contributed by atoms with E-state index < -0.39 is 0 Å². The first kappa shape index (κ1) is 15.1. The molecule has 5 nitrogen and oxygen atoms in total. The van der Waals surface area contributed by atoms with Crippen molar-refractivity contribution in [3.05, 3.63) is 46.3 Å². The van der Waals surface area contributed by atoms with Crippen molar-refractivity contribution in [2.24, 2.45) is 0 Å². The molecular weight excluding hydrogens is 266 g/mol. The molecule has 0 saturated carbocycles. The fraction of sp³-hybridized carbons (Fsp3) is 0.375. The quantitative estimate of drug-likeness (QED) is 0.828. The number of aryl methyl sites for hydroxylation is 3. The predicted molar refractivity (Wildman–Crippen MR) is 82.0 cm³/mol. The third kappa shape index (κ3) is 3.24. The molecule has 0 fully saturated rings. The first-order valence-electron chi connectivity index (χ1n) is 7.17. The number of nitrogen functional groups attached to an aromatic ring is 1. The van der Waals surface area contributed by atoms with Crippen LogP contribution in [0.25, 0.3) is 0 Å². The molecule has 1 aromatic heterocycles. The van der Waals surface area contributed by atoms with Gasteiger partial charge in [0.25, 0.3) is 5.91 Å². The van der Waals surface area contributed by atoms with Crippen molar-refractivity contribution in [2.75, 3.05) is 5.73 Å². The van der Waals surface area contributed by atoms with Crippen LogP contribution in [0.15, 0.2) is 22.7 Å². The summed E-state index contributed by atoms with van der Waals surface area (Å²) in [6.07, 6.45) is 1.54. The summed E-state index contributed by atoms with van der Waals surface area (Å²) in [7, 11) is 0. The van der Waals surface area contributed by atoms with Gasteiger partial charge in [-0.1, -0.05) is 25.1 Å². The third-order valence-corrected chi connectivity index (χ3v) is 3.54. The van der Waals surface area contributed by atoms with Gasteiger partial charge in [-0.2, -0.15) is 0 Å². The van der Waals surface area contributed by atoms with Crippen LogP contribution in [-0.4, -0.2) is 11.1 Å². The molecule has 0 aliphatic rings. The van der Waals surface area contributed by atoms with Gasteiger partial charge in [0.05, 0.1) is 5.69 Å². The van der Waals surface area contributed by atoms with Crippen molar-refractivity contribution in [3.8, 4) is 0 Å². The van der Waals surface area contributed by atoms with Crippen LogP contribution >= 0.6 is 0 Å². The van der Waals surface area contributed by atoms with E-state index in [-0.39, 0.29) is 5.91 Å². The zero-order valence-corrected chi connectivity index (χ0v) is 12.7. The number of carbonyl (C=O) groups is 1. The first-order valence-corrected chi connectivity index (χ1v) is 7.17. The van der Waals surface area contributed by atoms with Gasteiger partial charge in [-0.25, -0.2) is 0 Å². The summed E-state index contributed by atoms with van der Waals surface area (Å²) in [5.41, 5.74) is 9.71. The Morgan fingerprint density at radius 1 is 1.33 bits per heavy atom. The van der Waals surface area contributed by atoms with E-state index in [0.717, 1.165) is 35.4 Å². The molecule has 21 heavy (non-hydrogen) atoms. The fourth-order valence-corrected chi connectivity index (χ4v) is 2.29. The molecule has 0 bridgehead atoms. The van der Waals surface area contributed by atoms with Crippen molar-refractivity contribution in [2.45, 2.75) is 40.2 Å². The van der Waals surface area contributed by atoms with Crippen LogP contribution in [0.2, 0.25) is 0 Å². The third-order valence-electron chi connectivity index (χ3n) is 3.54. The number of nitrogens with two attached hydrogens (primary N) is 1. The minimum absolute atomic E-state index is 0.134. The number of rotatable bonds is 5. The monoisotopic (exact) mass is 287 g/mol. The lowest BCUT2D eigenvalue weighted by Gasteiger charge is -2.09. The minimum Gasteiger partial charge on any atom is -0.399 e. The minimum atomic E-state index is -0.134. The molecule has 3 N–H and O–H groups in total. The highest BCUT2D eigenvalue weighted by molar-refractivity contribution is 5.96. The van der Waals surface area contributed by atoms with Crippen molar-refractivity contribution in [1.82, 2.24) is 10.5 Å². The summed E-state index contributed by atoms with van der Waals surface area (Å²) in [5, 5.41) is 6.97. The van der Waals surface area contributed by atoms with Crippen LogP contribution in [0.5, 0.6) is 0 Å². The van der Waals surface area contributed by atoms with Crippen molar-refractivity contribution in [1.29, 1.82) is 0 Å². The molecule has 1 amide bonds. The summed E-state index contributed by atoms with van der Waals surface area (Å²) < 4.78 is 5.30. The van der Waals surface area contributed by atoms with Gasteiger partial charge in [0.1, 0.15) is 5.76 Å². The Kier molecular flexibility index (Phi) is 4.62. The largest absolute Gasteiger partial charge is 0.399 e. The second kappa shape index (κ2) is 6.43. The first-order chi connectivity index (χ1) is 10.1. The molecule has 0 radical (unpaired) electrons. The maximum atomic E-state index is 12.3. The average Bonchev–Trinajstić information content (AvgIpc) is 2.89. The lowest BCUT2D eigenvalue weighted by molar-refractivity contribution is 0.0950. The van der Waals surface area contributed by atoms with Crippen molar-refractivity contribution >= 4 is 11.6 Å². The van der Waals surface area contributed by atoms with Crippen LogP contribution in [0.1, 0.15) is 46.8 Å². The fourth-order valence-electron chi connectivity index (χ4n) is 2.29. The maximum absolute atomic E-state index is 12.3. The average molecular weight is 287 g/mol. The Hall–Kier alpha value is -2.30. The van der Waals surface area contributed by atoms with Gasteiger partial charge in [-0.05, 0) is 31.0 Å². The number of hydrogen-bond acceptors (Lipinski definition) is 4. The SMILES string of the molecule is CCc1noc(CC)c1CNC(=O)c1cc(N)ccc1C. The van der Waals surface area contributed by atoms with Gasteiger partial charge in [0, 0.05) is 29.8 Å². The number of benzene rings is 1. The van der Waals surface area contributed by atoms with Gasteiger partial charge >= 0.3 is 0 Å². The number of anilines is 1. The highest BCUT2D eigenvalue weighted by Crippen LogP contribution is 2.17. The Bertz CT molecular complexity index is 625. The van der Waals surface area contributed by atoms with Gasteiger partial charge in [-0.15, -0.1) is 0 Å². The molecule has 1 aromatic carbocycles. The lowest BCUT2D eigenvalue weighted by atomic mass is 10.1. The van der Waals surface area contributed by atoms with E-state index in [1.807, 2.05) is 26.8 Å². The van der Waals surface area contributed by atoms with Crippen LogP contribution in [0.4, 0.5) is 5.69 Å². The van der Waals surface area contributed by atoms with Gasteiger partial charge in [0.2, 0.25) is 0 Å². The van der Waals surface area contributed by atoms with Crippen molar-refractivity contribution in [3.63, 3.8) is 0 Å². The molecule has 2 aromatic rings. The number of carbonyl (C=O) groups excluding carboxylic acids is 1. The summed E-state index contributed by atoms with van der Waals surface area (Å²) in [6, 6.07) is 5.33. The van der Waals surface area contributed by atoms with Crippen LogP contribution in [0, 0.1) is 6.92 Å². The van der Waals surface area contributed by atoms with Crippen molar-refractivity contribution < 1.29 is 9.32 Å². The number of nitrogens with zero attached hydrogens (tertiary/aromatic N) is 1. The number of nitrogens with one attached hydrogen (secondary N) is 1. The molecule has 0 atom stereocenters. The Morgan fingerprint density at radius 3 is 2.76 bits per heavy atom. The topological polar surface area (TPSA) is 81.2 Å². The molecule has 5 heteroatoms. The predicted octanol–water partition coefficient (Wildman–Crippen LogP) is 2.62. The number of amides is 1. The lowest BCUT2D eigenvalue weighted by Crippen LogP contribution is -2.24. The van der Waals surface area contributed by atoms with Crippen LogP contribution in [0.3, 0.4) is 0 Å². The Balaban J connectivity index is 2.14. The normalized spacial score (nSPS) is 10.6. The molecule has 0 aliphatic heterocycles. The Morgan fingerprint density at radius 2 is 2.10 bits per heavy atom. The summed E-state index contributed by atoms with van der Waals surface area (Å²) in [4.78, 5) is 12.3. The highest BCUT2D eigenvalue weighted by atomic mass is 16.5. The summed E-state index contributed by atoms with van der Waals surface area (Å²) >= 11 is 0. The Labute approximate surface area is 124 Å². The van der Waals surface area contributed by atoms with Crippen LogP contribution in [-0.2, 0) is 19.4 Å². The van der Waals surface area contributed by atoms with E-state index in [9.17, 15) is 4.79 Å². The van der Waals surface area contributed by atoms with E-state index in [0.29, 0.717) is 17.8 Å². The van der Waals surface area contributed by atoms with E-state index in [1.165, 1.54) is 0 Å². The van der Waals surface area contributed by atoms with Gasteiger partial charge in [0.15, 0.2) is 0 Å². The molecule has 0 unspecified atom stereocenters. The van der Waals surface area contributed by atoms with Gasteiger partial charge in [-0.3, -0.25) is 4.79 Å².